The SMILES string of the molecule is O=C1CCCCc2cc(Br)ccc2C1. The zero-order valence-electron chi connectivity index (χ0n) is 8.05. The minimum Gasteiger partial charge on any atom is -0.299 e. The molecule has 0 atom stereocenters. The number of carbonyl (C=O) groups excluding carboxylic acids is 1. The van der Waals surface area contributed by atoms with E-state index in [1.807, 2.05) is 6.07 Å². The van der Waals surface area contributed by atoms with E-state index in [0.717, 1.165) is 30.2 Å². The highest BCUT2D eigenvalue weighted by molar-refractivity contribution is 9.10. The molecule has 1 aromatic rings. The zero-order chi connectivity index (χ0) is 9.97. The molecule has 0 bridgehead atoms. The fourth-order valence-electron chi connectivity index (χ4n) is 1.94. The normalized spacial score (nSPS) is 17.1. The minimum absolute atomic E-state index is 0.383. The number of aryl methyl sites for hydroxylation is 1. The fourth-order valence-corrected chi connectivity index (χ4v) is 2.35. The molecule has 1 aromatic carbocycles. The molecule has 0 saturated heterocycles. The van der Waals surface area contributed by atoms with E-state index in [-0.39, 0.29) is 0 Å². The third-order valence-corrected chi connectivity index (χ3v) is 3.20. The van der Waals surface area contributed by atoms with Gasteiger partial charge in [-0.3, -0.25) is 4.79 Å². The van der Waals surface area contributed by atoms with Crippen LogP contribution in [0.3, 0.4) is 0 Å². The Kier molecular flexibility index (Phi) is 3.02. The Morgan fingerprint density at radius 1 is 1.07 bits per heavy atom. The Hall–Kier alpha value is -0.630. The molecule has 1 aliphatic carbocycles. The predicted octanol–water partition coefficient (Wildman–Crippen LogP) is 3.29. The second kappa shape index (κ2) is 4.26. The monoisotopic (exact) mass is 252 g/mol. The van der Waals surface area contributed by atoms with Gasteiger partial charge in [-0.2, -0.15) is 0 Å². The highest BCUT2D eigenvalue weighted by Crippen LogP contribution is 2.22. The second-order valence-corrected chi connectivity index (χ2v) is 4.75. The molecular weight excluding hydrogens is 240 g/mol. The van der Waals surface area contributed by atoms with Crippen molar-refractivity contribution in [2.75, 3.05) is 0 Å². The molecule has 0 amide bonds. The molecule has 0 aliphatic heterocycles. The maximum absolute atomic E-state index is 11.5. The zero-order valence-corrected chi connectivity index (χ0v) is 9.64. The Morgan fingerprint density at radius 2 is 1.86 bits per heavy atom. The van der Waals surface area contributed by atoms with Crippen molar-refractivity contribution in [2.24, 2.45) is 0 Å². The third kappa shape index (κ3) is 2.24. The van der Waals surface area contributed by atoms with E-state index < -0.39 is 0 Å². The molecule has 0 fully saturated rings. The van der Waals surface area contributed by atoms with E-state index in [1.54, 1.807) is 0 Å². The van der Waals surface area contributed by atoms with E-state index in [1.165, 1.54) is 11.1 Å². The summed E-state index contributed by atoms with van der Waals surface area (Å²) in [7, 11) is 0. The van der Waals surface area contributed by atoms with Crippen LogP contribution >= 0.6 is 15.9 Å². The average molecular weight is 253 g/mol. The topological polar surface area (TPSA) is 17.1 Å². The molecule has 0 radical (unpaired) electrons. The van der Waals surface area contributed by atoms with Crippen LogP contribution in [0.2, 0.25) is 0 Å². The lowest BCUT2D eigenvalue weighted by Gasteiger charge is -2.13. The summed E-state index contributed by atoms with van der Waals surface area (Å²) >= 11 is 3.47. The van der Waals surface area contributed by atoms with Crippen LogP contribution in [0, 0.1) is 0 Å². The van der Waals surface area contributed by atoms with E-state index in [4.69, 9.17) is 0 Å². The molecule has 0 heterocycles. The van der Waals surface area contributed by atoms with Gasteiger partial charge in [-0.25, -0.2) is 0 Å². The van der Waals surface area contributed by atoms with Crippen molar-refractivity contribution >= 4 is 21.7 Å². The molecule has 0 saturated carbocycles. The number of halogens is 1. The van der Waals surface area contributed by atoms with Crippen LogP contribution in [0.15, 0.2) is 22.7 Å². The molecule has 0 unspecified atom stereocenters. The molecule has 0 N–H and O–H groups in total. The maximum Gasteiger partial charge on any atom is 0.137 e. The second-order valence-electron chi connectivity index (χ2n) is 3.84. The van der Waals surface area contributed by atoms with Gasteiger partial charge in [0, 0.05) is 17.3 Å². The van der Waals surface area contributed by atoms with Crippen LogP contribution < -0.4 is 0 Å². The number of hydrogen-bond acceptors (Lipinski definition) is 1. The Labute approximate surface area is 92.6 Å². The van der Waals surface area contributed by atoms with Gasteiger partial charge in [0.05, 0.1) is 0 Å². The van der Waals surface area contributed by atoms with Crippen molar-refractivity contribution in [1.29, 1.82) is 0 Å². The van der Waals surface area contributed by atoms with Gasteiger partial charge in [0.25, 0.3) is 0 Å². The summed E-state index contributed by atoms with van der Waals surface area (Å²) in [6.45, 7) is 0. The van der Waals surface area contributed by atoms with E-state index in [2.05, 4.69) is 28.1 Å². The first-order valence-electron chi connectivity index (χ1n) is 5.05. The van der Waals surface area contributed by atoms with Crippen molar-refractivity contribution in [3.05, 3.63) is 33.8 Å². The van der Waals surface area contributed by atoms with Gasteiger partial charge in [-0.1, -0.05) is 22.0 Å². The van der Waals surface area contributed by atoms with Crippen LogP contribution in [0.25, 0.3) is 0 Å². The highest BCUT2D eigenvalue weighted by Gasteiger charge is 2.11. The summed E-state index contributed by atoms with van der Waals surface area (Å²) in [4.78, 5) is 11.5. The van der Waals surface area contributed by atoms with Crippen LogP contribution in [0.4, 0.5) is 0 Å². The lowest BCUT2D eigenvalue weighted by molar-refractivity contribution is -0.118. The molecule has 1 aliphatic rings. The van der Waals surface area contributed by atoms with Crippen molar-refractivity contribution in [2.45, 2.75) is 32.1 Å². The summed E-state index contributed by atoms with van der Waals surface area (Å²) in [6.07, 6.45) is 4.68. The Bertz CT molecular complexity index is 357. The van der Waals surface area contributed by atoms with Gasteiger partial charge >= 0.3 is 0 Å². The number of rotatable bonds is 0. The third-order valence-electron chi connectivity index (χ3n) is 2.71. The van der Waals surface area contributed by atoms with Crippen molar-refractivity contribution in [1.82, 2.24) is 0 Å². The lowest BCUT2D eigenvalue weighted by atomic mass is 9.93. The average Bonchev–Trinajstić information content (AvgIpc) is 2.13. The van der Waals surface area contributed by atoms with Gasteiger partial charge in [0.1, 0.15) is 5.78 Å². The smallest absolute Gasteiger partial charge is 0.137 e. The molecule has 0 spiro atoms. The van der Waals surface area contributed by atoms with Gasteiger partial charge in [0.15, 0.2) is 0 Å². The number of Topliss-reactive ketones (excluding diaryl/α,β-unsaturated/α-hetero) is 1. The quantitative estimate of drug-likeness (QED) is 0.693. The molecule has 0 aromatic heterocycles. The first-order valence-corrected chi connectivity index (χ1v) is 5.84. The summed E-state index contributed by atoms with van der Waals surface area (Å²) in [6, 6.07) is 6.24. The van der Waals surface area contributed by atoms with Gasteiger partial charge in [-0.15, -0.1) is 0 Å². The van der Waals surface area contributed by atoms with E-state index >= 15 is 0 Å². The number of carbonyl (C=O) groups is 1. The van der Waals surface area contributed by atoms with Crippen LogP contribution in [0.5, 0.6) is 0 Å². The summed E-state index contributed by atoms with van der Waals surface area (Å²) in [5.74, 6) is 0.383. The number of hydrogen-bond donors (Lipinski definition) is 0. The minimum atomic E-state index is 0.383. The van der Waals surface area contributed by atoms with Gasteiger partial charge in [0.2, 0.25) is 0 Å². The van der Waals surface area contributed by atoms with Crippen LogP contribution in [0.1, 0.15) is 30.4 Å². The van der Waals surface area contributed by atoms with Crippen molar-refractivity contribution < 1.29 is 4.79 Å². The molecule has 2 rings (SSSR count). The highest BCUT2D eigenvalue weighted by atomic mass is 79.9. The summed E-state index contributed by atoms with van der Waals surface area (Å²) < 4.78 is 1.12. The molecule has 2 heteroatoms. The number of ketones is 1. The standard InChI is InChI=1S/C12H13BrO/c13-11-6-5-10-8-12(14)4-2-1-3-9(10)7-11/h5-7H,1-4,8H2. The van der Waals surface area contributed by atoms with Gasteiger partial charge in [-0.05, 0) is 42.5 Å². The predicted molar refractivity (Wildman–Crippen MR) is 60.4 cm³/mol. The van der Waals surface area contributed by atoms with Crippen molar-refractivity contribution in [3.8, 4) is 0 Å². The Balaban J connectivity index is 2.34. The number of fused-ring (bicyclic) bond motifs is 1. The maximum atomic E-state index is 11.5. The van der Waals surface area contributed by atoms with Crippen LogP contribution in [-0.4, -0.2) is 5.78 Å². The molecule has 74 valence electrons. The van der Waals surface area contributed by atoms with E-state index in [0.29, 0.717) is 12.2 Å². The number of benzene rings is 1. The molecule has 14 heavy (non-hydrogen) atoms. The first-order chi connectivity index (χ1) is 6.75. The summed E-state index contributed by atoms with van der Waals surface area (Å²) in [5, 5.41) is 0. The molecular formula is C12H13BrO. The fraction of sp³-hybridized carbons (Fsp3) is 0.417. The van der Waals surface area contributed by atoms with Crippen LogP contribution in [-0.2, 0) is 17.6 Å². The Morgan fingerprint density at radius 3 is 2.71 bits per heavy atom. The largest absolute Gasteiger partial charge is 0.299 e. The first kappa shape index (κ1) is 9.91. The molecule has 1 nitrogen and oxygen atoms in total. The lowest BCUT2D eigenvalue weighted by Crippen LogP contribution is -2.08. The van der Waals surface area contributed by atoms with E-state index in [9.17, 15) is 4.79 Å². The summed E-state index contributed by atoms with van der Waals surface area (Å²) in [5.41, 5.74) is 2.56. The van der Waals surface area contributed by atoms with Gasteiger partial charge < -0.3 is 0 Å². The van der Waals surface area contributed by atoms with Crippen molar-refractivity contribution in [3.63, 3.8) is 0 Å².